The second-order valence-corrected chi connectivity index (χ2v) is 3.88. The smallest absolute Gasteiger partial charge is 0.260 e. The minimum atomic E-state index is -0.611. The third-order valence-corrected chi connectivity index (χ3v) is 2.40. The molecule has 106 valence electrons. The topological polar surface area (TPSA) is 56.3 Å². The molecular formula is C14H16FN3O2. The van der Waals surface area contributed by atoms with Gasteiger partial charge in [0.1, 0.15) is 11.5 Å². The molecule has 2 rings (SSSR count). The van der Waals surface area contributed by atoms with Crippen LogP contribution < -0.4 is 14.8 Å². The molecule has 0 amide bonds. The van der Waals surface area contributed by atoms with Crippen LogP contribution in [-0.4, -0.2) is 23.1 Å². The van der Waals surface area contributed by atoms with Gasteiger partial charge < -0.3 is 14.8 Å². The van der Waals surface area contributed by atoms with Crippen molar-refractivity contribution in [2.75, 3.05) is 18.5 Å². The van der Waals surface area contributed by atoms with Crippen LogP contribution in [0.4, 0.5) is 10.3 Å². The molecule has 0 saturated carbocycles. The van der Waals surface area contributed by atoms with Crippen molar-refractivity contribution in [1.29, 1.82) is 0 Å². The van der Waals surface area contributed by atoms with Crippen molar-refractivity contribution in [2.45, 2.75) is 13.8 Å². The molecule has 0 atom stereocenters. The molecule has 0 unspecified atom stereocenters. The average Bonchev–Trinajstić information content (AvgIpc) is 2.45. The van der Waals surface area contributed by atoms with Crippen molar-refractivity contribution in [3.05, 3.63) is 36.3 Å². The van der Waals surface area contributed by atoms with Crippen molar-refractivity contribution in [1.82, 2.24) is 9.97 Å². The Morgan fingerprint density at radius 3 is 2.50 bits per heavy atom. The summed E-state index contributed by atoms with van der Waals surface area (Å²) >= 11 is 0. The van der Waals surface area contributed by atoms with E-state index >= 15 is 0 Å². The minimum absolute atomic E-state index is 0.111. The summed E-state index contributed by atoms with van der Waals surface area (Å²) < 4.78 is 24.3. The normalized spacial score (nSPS) is 10.2. The van der Waals surface area contributed by atoms with E-state index in [0.717, 1.165) is 11.9 Å². The highest BCUT2D eigenvalue weighted by atomic mass is 19.1. The molecule has 0 aliphatic heterocycles. The lowest BCUT2D eigenvalue weighted by atomic mass is 10.3. The largest absolute Gasteiger partial charge is 0.494 e. The predicted molar refractivity (Wildman–Crippen MR) is 73.8 cm³/mol. The van der Waals surface area contributed by atoms with E-state index in [4.69, 9.17) is 9.47 Å². The minimum Gasteiger partial charge on any atom is -0.494 e. The fourth-order valence-corrected chi connectivity index (χ4v) is 1.55. The van der Waals surface area contributed by atoms with Gasteiger partial charge in [0, 0.05) is 6.54 Å². The van der Waals surface area contributed by atoms with Gasteiger partial charge in [0.15, 0.2) is 0 Å². The van der Waals surface area contributed by atoms with E-state index in [-0.39, 0.29) is 5.88 Å². The molecule has 0 bridgehead atoms. The van der Waals surface area contributed by atoms with Gasteiger partial charge in [0.05, 0.1) is 12.8 Å². The lowest BCUT2D eigenvalue weighted by Gasteiger charge is -2.08. The summed E-state index contributed by atoms with van der Waals surface area (Å²) in [6.07, 6.45) is 1.08. The van der Waals surface area contributed by atoms with E-state index in [9.17, 15) is 4.39 Å². The monoisotopic (exact) mass is 277 g/mol. The van der Waals surface area contributed by atoms with Crippen LogP contribution in [0.5, 0.6) is 17.4 Å². The first-order chi connectivity index (χ1) is 9.72. The Balaban J connectivity index is 2.14. The van der Waals surface area contributed by atoms with Crippen LogP contribution in [0.1, 0.15) is 13.8 Å². The summed E-state index contributed by atoms with van der Waals surface area (Å²) in [5.74, 6) is 0.820. The van der Waals surface area contributed by atoms with Crippen molar-refractivity contribution in [2.24, 2.45) is 0 Å². The third-order valence-electron chi connectivity index (χ3n) is 2.40. The first kappa shape index (κ1) is 14.0. The van der Waals surface area contributed by atoms with E-state index in [1.807, 2.05) is 13.8 Å². The molecule has 1 N–H and O–H groups in total. The Bertz CT molecular complexity index is 561. The fourth-order valence-electron chi connectivity index (χ4n) is 1.55. The number of rotatable bonds is 6. The number of hydrogen-bond donors (Lipinski definition) is 1. The maximum absolute atomic E-state index is 13.6. The molecular weight excluding hydrogens is 261 g/mol. The highest BCUT2D eigenvalue weighted by Gasteiger charge is 2.09. The Morgan fingerprint density at radius 1 is 1.15 bits per heavy atom. The lowest BCUT2D eigenvalue weighted by Crippen LogP contribution is -2.04. The molecule has 0 fully saturated rings. The van der Waals surface area contributed by atoms with Crippen LogP contribution in [0.25, 0.3) is 0 Å². The van der Waals surface area contributed by atoms with Crippen molar-refractivity contribution < 1.29 is 13.9 Å². The fraction of sp³-hybridized carbons (Fsp3) is 0.286. The van der Waals surface area contributed by atoms with Crippen molar-refractivity contribution in [3.8, 4) is 17.4 Å². The Morgan fingerprint density at radius 2 is 1.85 bits per heavy atom. The van der Waals surface area contributed by atoms with Crippen LogP contribution in [0.15, 0.2) is 30.5 Å². The molecule has 20 heavy (non-hydrogen) atoms. The summed E-state index contributed by atoms with van der Waals surface area (Å²) in [5, 5.41) is 2.90. The molecule has 1 heterocycles. The third kappa shape index (κ3) is 3.57. The molecule has 0 spiro atoms. The SMILES string of the molecule is CCNc1ncc(F)c(Oc2ccc(OCC)cc2)n1. The molecule has 1 aromatic carbocycles. The molecule has 0 radical (unpaired) electrons. The van der Waals surface area contributed by atoms with E-state index in [2.05, 4.69) is 15.3 Å². The maximum atomic E-state index is 13.6. The van der Waals surface area contributed by atoms with Gasteiger partial charge in [-0.05, 0) is 38.1 Å². The predicted octanol–water partition coefficient (Wildman–Crippen LogP) is 3.24. The van der Waals surface area contributed by atoms with E-state index in [1.54, 1.807) is 24.3 Å². The van der Waals surface area contributed by atoms with E-state index in [1.165, 1.54) is 0 Å². The number of hydrogen-bond acceptors (Lipinski definition) is 5. The Hall–Kier alpha value is -2.37. The van der Waals surface area contributed by atoms with E-state index < -0.39 is 5.82 Å². The van der Waals surface area contributed by atoms with Gasteiger partial charge in [0.25, 0.3) is 5.88 Å². The van der Waals surface area contributed by atoms with Gasteiger partial charge in [-0.25, -0.2) is 4.98 Å². The first-order valence-electron chi connectivity index (χ1n) is 6.40. The quantitative estimate of drug-likeness (QED) is 0.878. The first-order valence-corrected chi connectivity index (χ1v) is 6.40. The van der Waals surface area contributed by atoms with Crippen molar-refractivity contribution in [3.63, 3.8) is 0 Å². The molecule has 5 nitrogen and oxygen atoms in total. The summed E-state index contributed by atoms with van der Waals surface area (Å²) in [7, 11) is 0. The van der Waals surface area contributed by atoms with Crippen LogP contribution >= 0.6 is 0 Å². The number of halogens is 1. The summed E-state index contributed by atoms with van der Waals surface area (Å²) in [6.45, 7) is 5.05. The van der Waals surface area contributed by atoms with E-state index in [0.29, 0.717) is 24.8 Å². The molecule has 6 heteroatoms. The molecule has 0 aliphatic carbocycles. The van der Waals surface area contributed by atoms with Crippen molar-refractivity contribution >= 4 is 5.95 Å². The van der Waals surface area contributed by atoms with Gasteiger partial charge in [-0.1, -0.05) is 0 Å². The molecule has 0 saturated heterocycles. The number of aromatic nitrogens is 2. The highest BCUT2D eigenvalue weighted by Crippen LogP contribution is 2.24. The number of ether oxygens (including phenoxy) is 2. The zero-order valence-electron chi connectivity index (χ0n) is 11.4. The Kier molecular flexibility index (Phi) is 4.70. The van der Waals surface area contributed by atoms with Gasteiger partial charge in [-0.2, -0.15) is 9.37 Å². The van der Waals surface area contributed by atoms with Gasteiger partial charge in [-0.15, -0.1) is 0 Å². The van der Waals surface area contributed by atoms with Gasteiger partial charge in [0.2, 0.25) is 11.8 Å². The zero-order chi connectivity index (χ0) is 14.4. The van der Waals surface area contributed by atoms with Crippen LogP contribution in [0.3, 0.4) is 0 Å². The Labute approximate surface area is 116 Å². The van der Waals surface area contributed by atoms with Crippen LogP contribution in [0.2, 0.25) is 0 Å². The standard InChI is InChI=1S/C14H16FN3O2/c1-3-16-14-17-9-12(15)13(18-14)20-11-7-5-10(6-8-11)19-4-2/h5-9H,3-4H2,1-2H3,(H,16,17,18). The maximum Gasteiger partial charge on any atom is 0.260 e. The van der Waals surface area contributed by atoms with Crippen LogP contribution in [0, 0.1) is 5.82 Å². The second-order valence-electron chi connectivity index (χ2n) is 3.88. The number of nitrogens with zero attached hydrogens (tertiary/aromatic N) is 2. The van der Waals surface area contributed by atoms with Gasteiger partial charge in [-0.3, -0.25) is 0 Å². The molecule has 0 aliphatic rings. The zero-order valence-corrected chi connectivity index (χ0v) is 11.4. The second kappa shape index (κ2) is 6.70. The average molecular weight is 277 g/mol. The summed E-state index contributed by atoms with van der Waals surface area (Å²) in [6, 6.07) is 6.89. The highest BCUT2D eigenvalue weighted by molar-refractivity contribution is 5.35. The molecule has 1 aromatic heterocycles. The van der Waals surface area contributed by atoms with Gasteiger partial charge >= 0.3 is 0 Å². The summed E-state index contributed by atoms with van der Waals surface area (Å²) in [4.78, 5) is 7.78. The number of anilines is 1. The summed E-state index contributed by atoms with van der Waals surface area (Å²) in [5.41, 5.74) is 0. The molecule has 2 aromatic rings. The van der Waals surface area contributed by atoms with Crippen LogP contribution in [-0.2, 0) is 0 Å². The number of benzene rings is 1. The number of nitrogens with one attached hydrogen (secondary N) is 1. The lowest BCUT2D eigenvalue weighted by molar-refractivity contribution is 0.339.